The predicted octanol–water partition coefficient (Wildman–Crippen LogP) is 2.35. The molecule has 0 spiro atoms. The zero-order valence-electron chi connectivity index (χ0n) is 8.68. The van der Waals surface area contributed by atoms with Gasteiger partial charge in [0, 0.05) is 6.54 Å². The quantitative estimate of drug-likeness (QED) is 0.820. The van der Waals surface area contributed by atoms with E-state index in [4.69, 9.17) is 0 Å². The summed E-state index contributed by atoms with van der Waals surface area (Å²) in [7, 11) is 0. The van der Waals surface area contributed by atoms with E-state index in [1.807, 2.05) is 13.8 Å². The fraction of sp³-hybridized carbons (Fsp3) is 0.364. The van der Waals surface area contributed by atoms with Crippen LogP contribution in [0.5, 0.6) is 0 Å². The molecule has 1 aromatic carbocycles. The summed E-state index contributed by atoms with van der Waals surface area (Å²) in [5.74, 6) is -1.64. The molecule has 0 aliphatic heterocycles. The van der Waals surface area contributed by atoms with Crippen LogP contribution in [0.15, 0.2) is 18.2 Å². The maximum atomic E-state index is 13.1. The highest BCUT2D eigenvalue weighted by molar-refractivity contribution is 5.94. The van der Waals surface area contributed by atoms with E-state index in [2.05, 4.69) is 5.32 Å². The fourth-order valence-electron chi connectivity index (χ4n) is 1.06. The Bertz CT molecular complexity index is 364. The minimum Gasteiger partial charge on any atom is -0.352 e. The second-order valence-electron chi connectivity index (χ2n) is 3.73. The first-order valence-electron chi connectivity index (χ1n) is 4.74. The average Bonchev–Trinajstić information content (AvgIpc) is 2.18. The number of amides is 1. The minimum absolute atomic E-state index is 0.254. The third-order valence-electron chi connectivity index (χ3n) is 1.84. The molecular formula is C11H13F2NO. The number of hydrogen-bond acceptors (Lipinski definition) is 1. The molecule has 0 heterocycles. The molecule has 1 rings (SSSR count). The Labute approximate surface area is 87.3 Å². The Morgan fingerprint density at radius 1 is 1.40 bits per heavy atom. The largest absolute Gasteiger partial charge is 0.352 e. The van der Waals surface area contributed by atoms with Crippen molar-refractivity contribution < 1.29 is 13.6 Å². The number of halogens is 2. The fourth-order valence-corrected chi connectivity index (χ4v) is 1.06. The Hall–Kier alpha value is -1.45. The van der Waals surface area contributed by atoms with Crippen LogP contribution >= 0.6 is 0 Å². The predicted molar refractivity (Wildman–Crippen MR) is 53.5 cm³/mol. The van der Waals surface area contributed by atoms with Crippen molar-refractivity contribution in [2.45, 2.75) is 13.8 Å². The molecule has 0 unspecified atom stereocenters. The normalized spacial score (nSPS) is 10.5. The lowest BCUT2D eigenvalue weighted by Crippen LogP contribution is -2.28. The van der Waals surface area contributed by atoms with Crippen LogP contribution in [0.3, 0.4) is 0 Å². The third kappa shape index (κ3) is 3.31. The van der Waals surface area contributed by atoms with E-state index in [-0.39, 0.29) is 11.5 Å². The van der Waals surface area contributed by atoms with Crippen LogP contribution < -0.4 is 5.32 Å². The van der Waals surface area contributed by atoms with E-state index in [0.29, 0.717) is 6.54 Å². The summed E-state index contributed by atoms with van der Waals surface area (Å²) >= 11 is 0. The molecule has 0 aliphatic rings. The lowest BCUT2D eigenvalue weighted by molar-refractivity contribution is 0.0944. The van der Waals surface area contributed by atoms with Gasteiger partial charge in [-0.2, -0.15) is 0 Å². The summed E-state index contributed by atoms with van der Waals surface area (Å²) in [5.41, 5.74) is -0.254. The molecule has 0 saturated carbocycles. The average molecular weight is 213 g/mol. The molecule has 82 valence electrons. The molecule has 4 heteroatoms. The number of benzene rings is 1. The van der Waals surface area contributed by atoms with Gasteiger partial charge in [0.2, 0.25) is 0 Å². The highest BCUT2D eigenvalue weighted by atomic mass is 19.1. The smallest absolute Gasteiger partial charge is 0.254 e. The van der Waals surface area contributed by atoms with Crippen molar-refractivity contribution >= 4 is 5.91 Å². The molecule has 1 amide bonds. The van der Waals surface area contributed by atoms with Crippen molar-refractivity contribution in [2.75, 3.05) is 6.54 Å². The van der Waals surface area contributed by atoms with E-state index in [1.54, 1.807) is 0 Å². The van der Waals surface area contributed by atoms with Gasteiger partial charge in [0.05, 0.1) is 5.56 Å². The lowest BCUT2D eigenvalue weighted by Gasteiger charge is -2.08. The van der Waals surface area contributed by atoms with Crippen LogP contribution in [0, 0.1) is 17.6 Å². The number of nitrogens with one attached hydrogen (secondary N) is 1. The van der Waals surface area contributed by atoms with Crippen molar-refractivity contribution in [3.8, 4) is 0 Å². The van der Waals surface area contributed by atoms with Crippen molar-refractivity contribution in [1.29, 1.82) is 0 Å². The molecule has 0 aromatic heterocycles. The standard InChI is InChI=1S/C11H13F2NO/c1-7(2)6-14-11(15)9-5-8(12)3-4-10(9)13/h3-5,7H,6H2,1-2H3,(H,14,15). The Kier molecular flexibility index (Phi) is 3.77. The molecule has 0 radical (unpaired) electrons. The summed E-state index contributed by atoms with van der Waals surface area (Å²) in [6.07, 6.45) is 0. The second-order valence-corrected chi connectivity index (χ2v) is 3.73. The van der Waals surface area contributed by atoms with Gasteiger partial charge in [-0.3, -0.25) is 4.79 Å². The first-order valence-corrected chi connectivity index (χ1v) is 4.74. The van der Waals surface area contributed by atoms with Crippen LogP contribution in [0.4, 0.5) is 8.78 Å². The third-order valence-corrected chi connectivity index (χ3v) is 1.84. The van der Waals surface area contributed by atoms with Gasteiger partial charge in [0.1, 0.15) is 11.6 Å². The van der Waals surface area contributed by atoms with Crippen LogP contribution in [0.1, 0.15) is 24.2 Å². The highest BCUT2D eigenvalue weighted by Crippen LogP contribution is 2.09. The van der Waals surface area contributed by atoms with Crippen molar-refractivity contribution in [1.82, 2.24) is 5.32 Å². The van der Waals surface area contributed by atoms with Gasteiger partial charge >= 0.3 is 0 Å². The first kappa shape index (κ1) is 11.6. The first-order chi connectivity index (χ1) is 7.00. The number of rotatable bonds is 3. The van der Waals surface area contributed by atoms with Crippen molar-refractivity contribution in [3.05, 3.63) is 35.4 Å². The summed E-state index contributed by atoms with van der Waals surface area (Å²) < 4.78 is 25.9. The van der Waals surface area contributed by atoms with Gasteiger partial charge in [-0.05, 0) is 24.1 Å². The highest BCUT2D eigenvalue weighted by Gasteiger charge is 2.12. The molecule has 2 nitrogen and oxygen atoms in total. The second kappa shape index (κ2) is 4.87. The number of hydrogen-bond donors (Lipinski definition) is 1. The monoisotopic (exact) mass is 213 g/mol. The van der Waals surface area contributed by atoms with Crippen LogP contribution in [-0.4, -0.2) is 12.5 Å². The maximum absolute atomic E-state index is 13.1. The number of carbonyl (C=O) groups excluding carboxylic acids is 1. The van der Waals surface area contributed by atoms with Gasteiger partial charge in [0.15, 0.2) is 0 Å². The van der Waals surface area contributed by atoms with E-state index in [9.17, 15) is 13.6 Å². The number of carbonyl (C=O) groups is 1. The lowest BCUT2D eigenvalue weighted by atomic mass is 10.1. The van der Waals surface area contributed by atoms with E-state index in [1.165, 1.54) is 0 Å². The SMILES string of the molecule is CC(C)CNC(=O)c1cc(F)ccc1F. The maximum Gasteiger partial charge on any atom is 0.254 e. The zero-order valence-corrected chi connectivity index (χ0v) is 8.68. The topological polar surface area (TPSA) is 29.1 Å². The van der Waals surface area contributed by atoms with E-state index in [0.717, 1.165) is 18.2 Å². The molecule has 1 aromatic rings. The summed E-state index contributed by atoms with van der Waals surface area (Å²) in [5, 5.41) is 2.52. The van der Waals surface area contributed by atoms with Gasteiger partial charge < -0.3 is 5.32 Å². The molecule has 1 N–H and O–H groups in total. The van der Waals surface area contributed by atoms with Crippen molar-refractivity contribution in [2.24, 2.45) is 5.92 Å². The van der Waals surface area contributed by atoms with Gasteiger partial charge in [-0.1, -0.05) is 13.8 Å². The van der Waals surface area contributed by atoms with Crippen LogP contribution in [0.2, 0.25) is 0 Å². The van der Waals surface area contributed by atoms with Crippen LogP contribution in [0.25, 0.3) is 0 Å². The summed E-state index contributed by atoms with van der Waals surface area (Å²) in [6, 6.07) is 2.82. The zero-order chi connectivity index (χ0) is 11.4. The Balaban J connectivity index is 2.77. The minimum atomic E-state index is -0.711. The van der Waals surface area contributed by atoms with Gasteiger partial charge in [-0.25, -0.2) is 8.78 Å². The molecule has 15 heavy (non-hydrogen) atoms. The van der Waals surface area contributed by atoms with Crippen LogP contribution in [-0.2, 0) is 0 Å². The molecule has 0 bridgehead atoms. The molecule has 0 saturated heterocycles. The van der Waals surface area contributed by atoms with E-state index < -0.39 is 17.5 Å². The molecule has 0 atom stereocenters. The molecular weight excluding hydrogens is 200 g/mol. The Morgan fingerprint density at radius 2 is 2.07 bits per heavy atom. The molecule has 0 fully saturated rings. The summed E-state index contributed by atoms with van der Waals surface area (Å²) in [4.78, 5) is 11.4. The van der Waals surface area contributed by atoms with Gasteiger partial charge in [-0.15, -0.1) is 0 Å². The molecule has 0 aliphatic carbocycles. The van der Waals surface area contributed by atoms with Gasteiger partial charge in [0.25, 0.3) is 5.91 Å². The van der Waals surface area contributed by atoms with E-state index >= 15 is 0 Å². The summed E-state index contributed by atoms with van der Waals surface area (Å²) in [6.45, 7) is 4.28. The van der Waals surface area contributed by atoms with Crippen molar-refractivity contribution in [3.63, 3.8) is 0 Å². The Morgan fingerprint density at radius 3 is 2.67 bits per heavy atom.